The molecule has 0 radical (unpaired) electrons. The van der Waals surface area contributed by atoms with Crippen molar-refractivity contribution in [2.75, 3.05) is 39.3 Å². The lowest BCUT2D eigenvalue weighted by atomic mass is 9.99. The number of carbonyl (C=O) groups is 1. The van der Waals surface area contributed by atoms with Gasteiger partial charge in [0.05, 0.1) is 6.54 Å². The molecule has 1 aliphatic heterocycles. The van der Waals surface area contributed by atoms with Gasteiger partial charge in [0.1, 0.15) is 0 Å². The highest BCUT2D eigenvalue weighted by Gasteiger charge is 2.32. The SMILES string of the molecule is C=C(C)CN(CC)C(=O)CN(CC1CCCNC1)C1CC1. The molecule has 1 N–H and O–H groups in total. The minimum absolute atomic E-state index is 0.260. The van der Waals surface area contributed by atoms with Gasteiger partial charge >= 0.3 is 0 Å². The maximum absolute atomic E-state index is 12.5. The van der Waals surface area contributed by atoms with Gasteiger partial charge < -0.3 is 10.2 Å². The Bertz CT molecular complexity index is 359. The molecule has 0 aromatic carbocycles. The first-order valence-electron chi connectivity index (χ1n) is 8.47. The Morgan fingerprint density at radius 3 is 2.57 bits per heavy atom. The summed E-state index contributed by atoms with van der Waals surface area (Å²) in [5.41, 5.74) is 1.06. The minimum Gasteiger partial charge on any atom is -0.338 e. The predicted molar refractivity (Wildman–Crippen MR) is 87.3 cm³/mol. The van der Waals surface area contributed by atoms with Gasteiger partial charge in [-0.25, -0.2) is 0 Å². The van der Waals surface area contributed by atoms with E-state index in [0.29, 0.717) is 25.0 Å². The van der Waals surface area contributed by atoms with Crippen molar-refractivity contribution in [3.63, 3.8) is 0 Å². The number of likely N-dealkylation sites (N-methyl/N-ethyl adjacent to an activating group) is 1. The molecule has 21 heavy (non-hydrogen) atoms. The maximum Gasteiger partial charge on any atom is 0.237 e. The van der Waals surface area contributed by atoms with Crippen LogP contribution in [0.1, 0.15) is 39.5 Å². The summed E-state index contributed by atoms with van der Waals surface area (Å²) < 4.78 is 0. The summed E-state index contributed by atoms with van der Waals surface area (Å²) in [6.07, 6.45) is 5.10. The zero-order valence-electron chi connectivity index (χ0n) is 13.7. The monoisotopic (exact) mass is 293 g/mol. The Balaban J connectivity index is 1.86. The van der Waals surface area contributed by atoms with Crippen LogP contribution in [0, 0.1) is 5.92 Å². The van der Waals surface area contributed by atoms with E-state index < -0.39 is 0 Å². The van der Waals surface area contributed by atoms with Gasteiger partial charge in [-0.3, -0.25) is 9.69 Å². The smallest absolute Gasteiger partial charge is 0.237 e. The molecule has 1 saturated heterocycles. The Hall–Kier alpha value is -0.870. The molecule has 0 bridgehead atoms. The number of piperidine rings is 1. The number of rotatable bonds is 8. The van der Waals surface area contributed by atoms with Gasteiger partial charge in [-0.1, -0.05) is 12.2 Å². The fourth-order valence-corrected chi connectivity index (χ4v) is 3.17. The molecule has 2 rings (SSSR count). The third kappa shape index (κ3) is 5.44. The van der Waals surface area contributed by atoms with Crippen molar-refractivity contribution in [1.82, 2.24) is 15.1 Å². The van der Waals surface area contributed by atoms with Crippen LogP contribution in [-0.4, -0.2) is 61.0 Å². The first-order chi connectivity index (χ1) is 10.1. The van der Waals surface area contributed by atoms with Crippen LogP contribution in [0.3, 0.4) is 0 Å². The van der Waals surface area contributed by atoms with Crippen LogP contribution in [0.15, 0.2) is 12.2 Å². The van der Waals surface area contributed by atoms with Crippen LogP contribution in [0.2, 0.25) is 0 Å². The van der Waals surface area contributed by atoms with E-state index in [2.05, 4.69) is 16.8 Å². The van der Waals surface area contributed by atoms with Crippen molar-refractivity contribution >= 4 is 5.91 Å². The van der Waals surface area contributed by atoms with Crippen molar-refractivity contribution in [3.05, 3.63) is 12.2 Å². The highest BCUT2D eigenvalue weighted by Crippen LogP contribution is 2.28. The van der Waals surface area contributed by atoms with Crippen molar-refractivity contribution in [2.24, 2.45) is 5.92 Å². The topological polar surface area (TPSA) is 35.6 Å². The van der Waals surface area contributed by atoms with Gasteiger partial charge in [-0.05, 0) is 58.5 Å². The number of nitrogens with one attached hydrogen (secondary N) is 1. The van der Waals surface area contributed by atoms with Crippen LogP contribution < -0.4 is 5.32 Å². The first-order valence-corrected chi connectivity index (χ1v) is 8.47. The van der Waals surface area contributed by atoms with E-state index in [1.165, 1.54) is 25.7 Å². The summed E-state index contributed by atoms with van der Waals surface area (Å²) >= 11 is 0. The third-order valence-electron chi connectivity index (χ3n) is 4.49. The molecule has 120 valence electrons. The largest absolute Gasteiger partial charge is 0.338 e. The molecule has 1 unspecified atom stereocenters. The second-order valence-corrected chi connectivity index (χ2v) is 6.74. The summed E-state index contributed by atoms with van der Waals surface area (Å²) in [7, 11) is 0. The van der Waals surface area contributed by atoms with Gasteiger partial charge in [0, 0.05) is 25.7 Å². The van der Waals surface area contributed by atoms with Crippen LogP contribution in [0.5, 0.6) is 0 Å². The predicted octanol–water partition coefficient (Wildman–Crippen LogP) is 1.88. The van der Waals surface area contributed by atoms with Gasteiger partial charge in [0.25, 0.3) is 0 Å². The maximum atomic E-state index is 12.5. The summed E-state index contributed by atoms with van der Waals surface area (Å²) in [4.78, 5) is 16.9. The lowest BCUT2D eigenvalue weighted by Crippen LogP contribution is -2.45. The molecule has 0 aromatic heterocycles. The normalized spacial score (nSPS) is 22.3. The second kappa shape index (κ2) is 7.95. The Morgan fingerprint density at radius 2 is 2.05 bits per heavy atom. The van der Waals surface area contributed by atoms with E-state index in [-0.39, 0.29) is 5.91 Å². The molecule has 1 amide bonds. The molecule has 4 nitrogen and oxygen atoms in total. The molecule has 2 fully saturated rings. The van der Waals surface area contributed by atoms with E-state index in [1.54, 1.807) is 0 Å². The third-order valence-corrected chi connectivity index (χ3v) is 4.49. The summed E-state index contributed by atoms with van der Waals surface area (Å²) in [6.45, 7) is 13.4. The van der Waals surface area contributed by atoms with E-state index in [4.69, 9.17) is 0 Å². The highest BCUT2D eigenvalue weighted by atomic mass is 16.2. The molecule has 0 spiro atoms. The Kier molecular flexibility index (Phi) is 6.24. The lowest BCUT2D eigenvalue weighted by Gasteiger charge is -2.31. The fourth-order valence-electron chi connectivity index (χ4n) is 3.17. The number of carbonyl (C=O) groups excluding carboxylic acids is 1. The van der Waals surface area contributed by atoms with Crippen LogP contribution in [-0.2, 0) is 4.79 Å². The van der Waals surface area contributed by atoms with Crippen LogP contribution >= 0.6 is 0 Å². The zero-order valence-corrected chi connectivity index (χ0v) is 13.7. The molecule has 4 heteroatoms. The number of hydrogen-bond donors (Lipinski definition) is 1. The van der Waals surface area contributed by atoms with E-state index in [0.717, 1.165) is 31.8 Å². The fraction of sp³-hybridized carbons (Fsp3) is 0.824. The summed E-state index contributed by atoms with van der Waals surface area (Å²) in [6, 6.07) is 0.652. The van der Waals surface area contributed by atoms with Crippen molar-refractivity contribution in [3.8, 4) is 0 Å². The number of hydrogen-bond acceptors (Lipinski definition) is 3. The van der Waals surface area contributed by atoms with Crippen molar-refractivity contribution < 1.29 is 4.79 Å². The Labute approximate surface area is 129 Å². The molecule has 0 aromatic rings. The standard InChI is InChI=1S/C17H31N3O/c1-4-19(11-14(2)3)17(21)13-20(16-7-8-16)12-15-6-5-9-18-10-15/h15-16,18H,2,4-13H2,1,3H3. The van der Waals surface area contributed by atoms with Gasteiger partial charge in [0.15, 0.2) is 0 Å². The molecule has 2 aliphatic rings. The van der Waals surface area contributed by atoms with E-state index in [9.17, 15) is 4.79 Å². The van der Waals surface area contributed by atoms with Crippen LogP contribution in [0.4, 0.5) is 0 Å². The van der Waals surface area contributed by atoms with E-state index in [1.807, 2.05) is 18.7 Å². The van der Waals surface area contributed by atoms with Crippen molar-refractivity contribution in [2.45, 2.75) is 45.6 Å². The lowest BCUT2D eigenvalue weighted by molar-refractivity contribution is -0.132. The van der Waals surface area contributed by atoms with E-state index >= 15 is 0 Å². The quantitative estimate of drug-likeness (QED) is 0.694. The summed E-state index contributed by atoms with van der Waals surface area (Å²) in [5, 5.41) is 3.48. The van der Waals surface area contributed by atoms with Gasteiger partial charge in [0.2, 0.25) is 5.91 Å². The highest BCUT2D eigenvalue weighted by molar-refractivity contribution is 5.78. The molecule has 1 saturated carbocycles. The first kappa shape index (κ1) is 16.5. The summed E-state index contributed by atoms with van der Waals surface area (Å²) in [5.74, 6) is 0.972. The van der Waals surface area contributed by atoms with Gasteiger partial charge in [-0.2, -0.15) is 0 Å². The second-order valence-electron chi connectivity index (χ2n) is 6.74. The van der Waals surface area contributed by atoms with Crippen LogP contribution in [0.25, 0.3) is 0 Å². The minimum atomic E-state index is 0.260. The Morgan fingerprint density at radius 1 is 1.29 bits per heavy atom. The average Bonchev–Trinajstić information content (AvgIpc) is 3.29. The molecular formula is C17H31N3O. The molecular weight excluding hydrogens is 262 g/mol. The van der Waals surface area contributed by atoms with Crippen molar-refractivity contribution in [1.29, 1.82) is 0 Å². The average molecular weight is 293 g/mol. The molecule has 1 atom stereocenters. The zero-order chi connectivity index (χ0) is 15.2. The number of amides is 1. The molecule has 1 heterocycles. The van der Waals surface area contributed by atoms with Gasteiger partial charge in [-0.15, -0.1) is 0 Å². The molecule has 1 aliphatic carbocycles. The number of nitrogens with zero attached hydrogens (tertiary/aromatic N) is 2.